The molecule has 0 bridgehead atoms. The van der Waals surface area contributed by atoms with Crippen molar-refractivity contribution >= 4 is 34.5 Å². The molecule has 2 heterocycles. The number of carbonyl (C=O) groups excluding carboxylic acids is 1. The highest BCUT2D eigenvalue weighted by atomic mass is 35.5. The first-order valence-corrected chi connectivity index (χ1v) is 9.05. The summed E-state index contributed by atoms with van der Waals surface area (Å²) in [5.74, 6) is -0.0909. The Morgan fingerprint density at radius 3 is 2.80 bits per heavy atom. The highest BCUT2D eigenvalue weighted by molar-refractivity contribution is 7.10. The molecule has 1 aromatic heterocycles. The topological polar surface area (TPSA) is 32.3 Å². The molecule has 1 amide bonds. The van der Waals surface area contributed by atoms with Crippen molar-refractivity contribution in [3.05, 3.63) is 51.2 Å². The van der Waals surface area contributed by atoms with Gasteiger partial charge in [0.1, 0.15) is 0 Å². The van der Waals surface area contributed by atoms with E-state index in [-0.39, 0.29) is 23.5 Å². The number of likely N-dealkylation sites (tertiary alicyclic amines) is 1. The molecule has 3 rings (SSSR count). The predicted octanol–water partition coefficient (Wildman–Crippen LogP) is 5.20. The van der Waals surface area contributed by atoms with Crippen LogP contribution in [0.25, 0.3) is 0 Å². The third-order valence-corrected chi connectivity index (χ3v) is 5.46. The Morgan fingerprint density at radius 1 is 1.36 bits per heavy atom. The SMILES string of the molecule is O=C(CNc1ccc(C(F)(F)F)cc1Cl)N1CCCC1c1cccs1. The Morgan fingerprint density at radius 2 is 2.16 bits per heavy atom. The molecule has 0 saturated carbocycles. The number of carbonyl (C=O) groups is 1. The fourth-order valence-corrected chi connectivity index (χ4v) is 4.07. The van der Waals surface area contributed by atoms with Gasteiger partial charge in [-0.05, 0) is 42.5 Å². The predicted molar refractivity (Wildman–Crippen MR) is 93.0 cm³/mol. The second-order valence-corrected chi connectivity index (χ2v) is 7.19. The molecular weight excluding hydrogens is 373 g/mol. The summed E-state index contributed by atoms with van der Waals surface area (Å²) in [6.45, 7) is 0.677. The highest BCUT2D eigenvalue weighted by Crippen LogP contribution is 2.35. The largest absolute Gasteiger partial charge is 0.416 e. The Bertz CT molecular complexity index is 749. The molecule has 3 nitrogen and oxygen atoms in total. The number of nitrogens with zero attached hydrogens (tertiary/aromatic N) is 1. The van der Waals surface area contributed by atoms with E-state index in [0.29, 0.717) is 12.2 Å². The van der Waals surface area contributed by atoms with E-state index in [1.165, 1.54) is 6.07 Å². The molecule has 1 saturated heterocycles. The lowest BCUT2D eigenvalue weighted by Gasteiger charge is -2.24. The molecule has 25 heavy (non-hydrogen) atoms. The van der Waals surface area contributed by atoms with Gasteiger partial charge in [0, 0.05) is 11.4 Å². The number of halogens is 4. The van der Waals surface area contributed by atoms with Gasteiger partial charge in [-0.3, -0.25) is 4.79 Å². The van der Waals surface area contributed by atoms with Crippen molar-refractivity contribution in [3.8, 4) is 0 Å². The molecule has 0 radical (unpaired) electrons. The van der Waals surface area contributed by atoms with Crippen molar-refractivity contribution in [2.24, 2.45) is 0 Å². The van der Waals surface area contributed by atoms with Crippen molar-refractivity contribution in [1.82, 2.24) is 4.90 Å². The fraction of sp³-hybridized carbons (Fsp3) is 0.353. The Labute approximate surface area is 152 Å². The number of alkyl halides is 3. The smallest absolute Gasteiger partial charge is 0.375 e. The summed E-state index contributed by atoms with van der Waals surface area (Å²) in [5.41, 5.74) is -0.499. The van der Waals surface area contributed by atoms with E-state index in [0.717, 1.165) is 29.9 Å². The van der Waals surface area contributed by atoms with Crippen LogP contribution in [-0.4, -0.2) is 23.9 Å². The minimum absolute atomic E-state index is 0.00698. The first-order chi connectivity index (χ1) is 11.9. The summed E-state index contributed by atoms with van der Waals surface area (Å²) in [6, 6.07) is 7.11. The van der Waals surface area contributed by atoms with Gasteiger partial charge >= 0.3 is 6.18 Å². The lowest BCUT2D eigenvalue weighted by molar-refractivity contribution is -0.137. The molecule has 0 spiro atoms. The summed E-state index contributed by atoms with van der Waals surface area (Å²) in [7, 11) is 0. The normalized spacial score (nSPS) is 17.8. The van der Waals surface area contributed by atoms with Crippen LogP contribution in [0.5, 0.6) is 0 Å². The van der Waals surface area contributed by atoms with E-state index in [2.05, 4.69) is 5.32 Å². The quantitative estimate of drug-likeness (QED) is 0.781. The van der Waals surface area contributed by atoms with Gasteiger partial charge in [0.15, 0.2) is 0 Å². The van der Waals surface area contributed by atoms with Crippen LogP contribution in [-0.2, 0) is 11.0 Å². The van der Waals surface area contributed by atoms with Crippen LogP contribution in [0.1, 0.15) is 29.3 Å². The van der Waals surface area contributed by atoms with Crippen LogP contribution in [0.3, 0.4) is 0 Å². The molecule has 1 aliphatic heterocycles. The van der Waals surface area contributed by atoms with Gasteiger partial charge in [0.2, 0.25) is 5.91 Å². The molecule has 1 aliphatic rings. The zero-order valence-electron chi connectivity index (χ0n) is 13.1. The van der Waals surface area contributed by atoms with Crippen LogP contribution in [0.2, 0.25) is 5.02 Å². The number of hydrogen-bond donors (Lipinski definition) is 1. The average molecular weight is 389 g/mol. The summed E-state index contributed by atoms with van der Waals surface area (Å²) in [5, 5.41) is 4.77. The molecule has 1 unspecified atom stereocenters. The van der Waals surface area contributed by atoms with Crippen LogP contribution in [0.4, 0.5) is 18.9 Å². The number of anilines is 1. The van der Waals surface area contributed by atoms with E-state index < -0.39 is 11.7 Å². The Kier molecular flexibility index (Phi) is 5.24. The van der Waals surface area contributed by atoms with Crippen molar-refractivity contribution in [2.75, 3.05) is 18.4 Å². The van der Waals surface area contributed by atoms with Crippen LogP contribution < -0.4 is 5.32 Å². The van der Waals surface area contributed by atoms with E-state index >= 15 is 0 Å². The van der Waals surface area contributed by atoms with Gasteiger partial charge in [0.25, 0.3) is 0 Å². The summed E-state index contributed by atoms with van der Waals surface area (Å²) in [6.07, 6.45) is -2.58. The van der Waals surface area contributed by atoms with Gasteiger partial charge < -0.3 is 10.2 Å². The lowest BCUT2D eigenvalue weighted by atomic mass is 10.2. The minimum atomic E-state index is -4.44. The van der Waals surface area contributed by atoms with E-state index in [4.69, 9.17) is 11.6 Å². The van der Waals surface area contributed by atoms with Gasteiger partial charge in [-0.2, -0.15) is 13.2 Å². The number of rotatable bonds is 4. The zero-order chi connectivity index (χ0) is 18.0. The molecule has 2 aromatic rings. The number of hydrogen-bond acceptors (Lipinski definition) is 3. The van der Waals surface area contributed by atoms with Gasteiger partial charge in [0.05, 0.1) is 28.9 Å². The number of nitrogens with one attached hydrogen (secondary N) is 1. The first-order valence-electron chi connectivity index (χ1n) is 7.80. The molecule has 1 fully saturated rings. The van der Waals surface area contributed by atoms with Crippen molar-refractivity contribution < 1.29 is 18.0 Å². The molecule has 1 N–H and O–H groups in total. The fourth-order valence-electron chi connectivity index (χ4n) is 2.95. The van der Waals surface area contributed by atoms with Crippen molar-refractivity contribution in [1.29, 1.82) is 0 Å². The molecular formula is C17H16ClF3N2OS. The maximum absolute atomic E-state index is 12.7. The maximum Gasteiger partial charge on any atom is 0.416 e. The van der Waals surface area contributed by atoms with E-state index in [1.54, 1.807) is 11.3 Å². The third-order valence-electron chi connectivity index (χ3n) is 4.17. The highest BCUT2D eigenvalue weighted by Gasteiger charge is 2.32. The van der Waals surface area contributed by atoms with E-state index in [1.807, 2.05) is 22.4 Å². The summed E-state index contributed by atoms with van der Waals surface area (Å²) < 4.78 is 38.0. The minimum Gasteiger partial charge on any atom is -0.375 e. The number of benzene rings is 1. The Balaban J connectivity index is 1.64. The maximum atomic E-state index is 12.7. The first kappa shape index (κ1) is 18.1. The number of amides is 1. The Hall–Kier alpha value is -1.73. The average Bonchev–Trinajstić information content (AvgIpc) is 3.23. The van der Waals surface area contributed by atoms with Gasteiger partial charge in [-0.15, -0.1) is 11.3 Å². The van der Waals surface area contributed by atoms with E-state index in [9.17, 15) is 18.0 Å². The monoisotopic (exact) mass is 388 g/mol. The van der Waals surface area contributed by atoms with Crippen LogP contribution in [0, 0.1) is 0 Å². The number of thiophene rings is 1. The molecule has 0 aliphatic carbocycles. The molecule has 134 valence electrons. The molecule has 1 atom stereocenters. The lowest BCUT2D eigenvalue weighted by Crippen LogP contribution is -2.34. The second-order valence-electron chi connectivity index (χ2n) is 5.81. The summed E-state index contributed by atoms with van der Waals surface area (Å²) >= 11 is 7.52. The standard InChI is InChI=1S/C17H16ClF3N2OS/c18-12-9-11(17(19,20)21)5-6-13(12)22-10-16(24)23-7-1-3-14(23)15-4-2-8-25-15/h2,4-6,8-9,14,22H,1,3,7,10H2. The van der Waals surface area contributed by atoms with Crippen LogP contribution in [0.15, 0.2) is 35.7 Å². The van der Waals surface area contributed by atoms with Gasteiger partial charge in [-0.1, -0.05) is 17.7 Å². The van der Waals surface area contributed by atoms with Crippen molar-refractivity contribution in [3.63, 3.8) is 0 Å². The zero-order valence-corrected chi connectivity index (χ0v) is 14.7. The van der Waals surface area contributed by atoms with Gasteiger partial charge in [-0.25, -0.2) is 0 Å². The molecule has 1 aromatic carbocycles. The van der Waals surface area contributed by atoms with Crippen LogP contribution >= 0.6 is 22.9 Å². The second kappa shape index (κ2) is 7.25. The molecule has 8 heteroatoms. The third kappa shape index (κ3) is 4.10. The summed E-state index contributed by atoms with van der Waals surface area (Å²) in [4.78, 5) is 15.5. The van der Waals surface area contributed by atoms with Crippen molar-refractivity contribution in [2.45, 2.75) is 25.1 Å².